The summed E-state index contributed by atoms with van der Waals surface area (Å²) in [7, 11) is -0.965. The lowest BCUT2D eigenvalue weighted by atomic mass is 9.87. The zero-order chi connectivity index (χ0) is 15.0. The Kier molecular flexibility index (Phi) is 4.03. The minimum Gasteiger partial charge on any atom is -0.398 e. The molecule has 0 unspecified atom stereocenters. The molecule has 5 heteroatoms. The average molecular weight is 277 g/mol. The van der Waals surface area contributed by atoms with Crippen LogP contribution in [0, 0.1) is 0 Å². The van der Waals surface area contributed by atoms with E-state index in [1.54, 1.807) is 12.3 Å². The molecule has 0 atom stereocenters. The van der Waals surface area contributed by atoms with Crippen molar-refractivity contribution in [3.8, 4) is 0 Å². The number of halogens is 1. The number of rotatable bonds is 3. The van der Waals surface area contributed by atoms with Gasteiger partial charge in [-0.3, -0.25) is 4.98 Å². The Bertz CT molecular complexity index is 495. The second-order valence-electron chi connectivity index (χ2n) is 6.06. The van der Waals surface area contributed by atoms with Crippen molar-refractivity contribution in [1.82, 2.24) is 4.98 Å². The van der Waals surface area contributed by atoms with E-state index in [2.05, 4.69) is 11.9 Å². The van der Waals surface area contributed by atoms with Gasteiger partial charge >= 0.3 is 7.12 Å². The van der Waals surface area contributed by atoms with Crippen LogP contribution in [0.3, 0.4) is 0 Å². The first-order chi connectivity index (χ1) is 9.25. The van der Waals surface area contributed by atoms with Crippen molar-refractivity contribution in [2.75, 3.05) is 0 Å². The van der Waals surface area contributed by atoms with E-state index >= 15 is 0 Å². The molecule has 2 rings (SSSR count). The molecule has 1 aliphatic heterocycles. The summed E-state index contributed by atoms with van der Waals surface area (Å²) in [6.07, 6.45) is 4.03. The van der Waals surface area contributed by atoms with Crippen LogP contribution in [0.1, 0.15) is 45.9 Å². The third-order valence-corrected chi connectivity index (χ3v) is 4.02. The molecule has 1 aromatic heterocycles. The summed E-state index contributed by atoms with van der Waals surface area (Å²) in [5.41, 5.74) is 0.151. The van der Waals surface area contributed by atoms with Crippen LogP contribution in [-0.4, -0.2) is 23.3 Å². The third-order valence-electron chi connectivity index (χ3n) is 4.02. The monoisotopic (exact) mass is 277 g/mol. The van der Waals surface area contributed by atoms with Crippen molar-refractivity contribution in [2.24, 2.45) is 0 Å². The lowest BCUT2D eigenvalue weighted by molar-refractivity contribution is 0.00578. The number of aryl methyl sites for hydroxylation is 1. The maximum atomic E-state index is 14.2. The van der Waals surface area contributed by atoms with E-state index in [9.17, 15) is 4.39 Å². The number of aromatic nitrogens is 1. The molecule has 20 heavy (non-hydrogen) atoms. The second kappa shape index (κ2) is 5.30. The number of hydrogen-bond acceptors (Lipinski definition) is 3. The molecular formula is C15H21BFNO2. The Labute approximate surface area is 120 Å². The lowest BCUT2D eigenvalue weighted by Gasteiger charge is -2.32. The maximum Gasteiger partial charge on any atom is 0.525 e. The summed E-state index contributed by atoms with van der Waals surface area (Å²) >= 11 is 0. The predicted molar refractivity (Wildman–Crippen MR) is 78.8 cm³/mol. The summed E-state index contributed by atoms with van der Waals surface area (Å²) in [6.45, 7) is 9.64. The van der Waals surface area contributed by atoms with Crippen LogP contribution < -0.4 is 0 Å². The molecule has 0 aliphatic carbocycles. The molecule has 1 aliphatic rings. The van der Waals surface area contributed by atoms with E-state index in [0.717, 1.165) is 12.0 Å². The minimum absolute atomic E-state index is 0.458. The van der Waals surface area contributed by atoms with Gasteiger partial charge in [0.1, 0.15) is 5.73 Å². The van der Waals surface area contributed by atoms with E-state index in [-0.39, 0.29) is 0 Å². The molecule has 0 N–H and O–H groups in total. The molecule has 0 saturated carbocycles. The van der Waals surface area contributed by atoms with Gasteiger partial charge in [-0.15, -0.1) is 0 Å². The van der Waals surface area contributed by atoms with Gasteiger partial charge < -0.3 is 9.31 Å². The molecule has 0 spiro atoms. The average Bonchev–Trinajstić information content (AvgIpc) is 2.59. The smallest absolute Gasteiger partial charge is 0.398 e. The molecule has 1 fully saturated rings. The van der Waals surface area contributed by atoms with Crippen LogP contribution in [0.4, 0.5) is 4.39 Å². The first kappa shape index (κ1) is 15.2. The van der Waals surface area contributed by atoms with Crippen molar-refractivity contribution in [1.29, 1.82) is 0 Å². The number of hydrogen-bond donors (Lipinski definition) is 0. The molecule has 108 valence electrons. The quantitative estimate of drug-likeness (QED) is 0.791. The summed E-state index contributed by atoms with van der Waals surface area (Å²) in [5, 5.41) is 0. The van der Waals surface area contributed by atoms with E-state index in [4.69, 9.17) is 9.31 Å². The first-order valence-corrected chi connectivity index (χ1v) is 6.93. The zero-order valence-electron chi connectivity index (χ0n) is 12.7. The van der Waals surface area contributed by atoms with Crippen molar-refractivity contribution < 1.29 is 13.7 Å². The Balaban J connectivity index is 2.15. The van der Waals surface area contributed by atoms with Gasteiger partial charge in [-0.05, 0) is 51.8 Å². The highest BCUT2D eigenvalue weighted by Crippen LogP contribution is 2.38. The van der Waals surface area contributed by atoms with Crippen LogP contribution in [0.5, 0.6) is 0 Å². The molecule has 3 nitrogen and oxygen atoms in total. The fraction of sp³-hybridized carbons (Fsp3) is 0.533. The molecule has 1 aromatic rings. The van der Waals surface area contributed by atoms with Crippen molar-refractivity contribution in [3.05, 3.63) is 35.3 Å². The van der Waals surface area contributed by atoms with Crippen LogP contribution in [0.2, 0.25) is 0 Å². The number of nitrogens with zero attached hydrogens (tertiary/aromatic N) is 1. The molecule has 0 aromatic carbocycles. The molecule has 0 bridgehead atoms. The van der Waals surface area contributed by atoms with Crippen LogP contribution >= 0.6 is 0 Å². The normalized spacial score (nSPS) is 21.3. The Morgan fingerprint density at radius 3 is 2.30 bits per heavy atom. The standard InChI is InChI=1S/C15H21BFNO2/c1-6-11-7-8-12(18-10-11)9-13(17)16-19-14(2,3)15(4,5)20-16/h7-10H,6H2,1-5H3. The largest absolute Gasteiger partial charge is 0.525 e. The van der Waals surface area contributed by atoms with Gasteiger partial charge in [0.2, 0.25) is 0 Å². The third kappa shape index (κ3) is 2.94. The highest BCUT2D eigenvalue weighted by Gasteiger charge is 2.53. The maximum absolute atomic E-state index is 14.2. The Morgan fingerprint density at radius 2 is 1.85 bits per heavy atom. The topological polar surface area (TPSA) is 31.4 Å². The Morgan fingerprint density at radius 1 is 1.25 bits per heavy atom. The van der Waals surface area contributed by atoms with E-state index in [1.165, 1.54) is 6.08 Å². The molecular weight excluding hydrogens is 256 g/mol. The van der Waals surface area contributed by atoms with Crippen molar-refractivity contribution in [3.63, 3.8) is 0 Å². The predicted octanol–water partition coefficient (Wildman–Crippen LogP) is 3.59. The molecule has 0 amide bonds. The zero-order valence-corrected chi connectivity index (χ0v) is 12.7. The van der Waals surface area contributed by atoms with Crippen LogP contribution in [-0.2, 0) is 15.7 Å². The van der Waals surface area contributed by atoms with Gasteiger partial charge in [0, 0.05) is 6.20 Å². The van der Waals surface area contributed by atoms with Gasteiger partial charge in [-0.25, -0.2) is 4.39 Å². The van der Waals surface area contributed by atoms with Gasteiger partial charge in [0.15, 0.2) is 0 Å². The van der Waals surface area contributed by atoms with Crippen molar-refractivity contribution in [2.45, 2.75) is 52.2 Å². The summed E-state index contributed by atoms with van der Waals surface area (Å²) in [4.78, 5) is 4.21. The first-order valence-electron chi connectivity index (χ1n) is 6.93. The molecule has 1 saturated heterocycles. The minimum atomic E-state index is -0.965. The summed E-state index contributed by atoms with van der Waals surface area (Å²) in [5.74, 6) is 0. The molecule has 2 heterocycles. The highest BCUT2D eigenvalue weighted by atomic mass is 19.1. The molecule has 0 radical (unpaired) electrons. The summed E-state index contributed by atoms with van der Waals surface area (Å²) < 4.78 is 25.5. The van der Waals surface area contributed by atoms with Gasteiger partial charge in [0.05, 0.1) is 16.9 Å². The van der Waals surface area contributed by atoms with Gasteiger partial charge in [-0.1, -0.05) is 13.0 Å². The number of pyridine rings is 1. The van der Waals surface area contributed by atoms with Gasteiger partial charge in [-0.2, -0.15) is 0 Å². The highest BCUT2D eigenvalue weighted by molar-refractivity contribution is 6.54. The van der Waals surface area contributed by atoms with Gasteiger partial charge in [0.25, 0.3) is 0 Å². The lowest BCUT2D eigenvalue weighted by Crippen LogP contribution is -2.41. The second-order valence-corrected chi connectivity index (χ2v) is 6.06. The van der Waals surface area contributed by atoms with Crippen molar-refractivity contribution >= 4 is 13.2 Å². The van der Waals surface area contributed by atoms with Crippen LogP contribution in [0.15, 0.2) is 24.1 Å². The van der Waals surface area contributed by atoms with E-state index < -0.39 is 24.0 Å². The van der Waals surface area contributed by atoms with E-state index in [0.29, 0.717) is 5.69 Å². The Hall–Kier alpha value is -1.20. The van der Waals surface area contributed by atoms with Crippen LogP contribution in [0.25, 0.3) is 6.08 Å². The fourth-order valence-electron chi connectivity index (χ4n) is 1.90. The fourth-order valence-corrected chi connectivity index (χ4v) is 1.90. The van der Waals surface area contributed by atoms with E-state index in [1.807, 2.05) is 33.8 Å². The SMILES string of the molecule is CCc1ccc(C=C(F)B2OC(C)(C)C(C)(C)O2)nc1. The summed E-state index contributed by atoms with van der Waals surface area (Å²) in [6, 6.07) is 3.74.